The Morgan fingerprint density at radius 1 is 0.355 bits per heavy atom. The van der Waals surface area contributed by atoms with Crippen LogP contribution in [0.5, 0.6) is 0 Å². The number of aliphatic hydroxyl groups excluding tert-OH is 2. The zero-order valence-corrected chi connectivity index (χ0v) is 51.5. The number of unbranched alkanes of at least 4 members (excludes halogenated alkanes) is 50. The van der Waals surface area contributed by atoms with Crippen LogP contribution < -0.4 is 5.32 Å². The highest BCUT2D eigenvalue weighted by Crippen LogP contribution is 2.18. The van der Waals surface area contributed by atoms with Crippen LogP contribution in [0, 0.1) is 0 Å². The number of aliphatic hydroxyl groups is 2. The summed E-state index contributed by atoms with van der Waals surface area (Å²) in [5.41, 5.74) is 0. The van der Waals surface area contributed by atoms with Crippen LogP contribution in [0.15, 0.2) is 24.3 Å². The molecule has 0 aromatic heterocycles. The Labute approximate surface area is 475 Å². The first-order chi connectivity index (χ1) is 37.5. The van der Waals surface area contributed by atoms with Gasteiger partial charge in [-0.25, -0.2) is 0 Å². The van der Waals surface area contributed by atoms with Crippen LogP contribution in [-0.4, -0.2) is 47.4 Å². The van der Waals surface area contributed by atoms with Gasteiger partial charge in [-0.1, -0.05) is 321 Å². The van der Waals surface area contributed by atoms with E-state index in [1.54, 1.807) is 0 Å². The molecule has 1 amide bonds. The van der Waals surface area contributed by atoms with E-state index in [-0.39, 0.29) is 18.5 Å². The summed E-state index contributed by atoms with van der Waals surface area (Å²) >= 11 is 0. The standard InChI is InChI=1S/C70H135NO5/c1-3-5-7-9-11-13-15-17-19-20-33-36-40-44-48-52-56-60-64-70(75)76-65-61-57-53-49-45-41-37-34-31-29-27-25-23-21-22-24-26-28-30-32-35-39-43-47-51-55-59-63-69(74)71-67(66-72)68(73)62-58-54-50-46-42-38-18-16-14-12-10-8-6-4-2/h19-22,67-68,72-73H,3-18,23-66H2,1-2H3,(H,71,74)/b20-19-,22-21-. The SMILES string of the molecule is CCCCCCCCC/C=C\CCCCCCCCCC(=O)OCCCCCCCCCCCCCC/C=C\CCCCCCCCCCCCCC(=O)NC(CO)C(O)CCCCCCCCCCCCCCCC. The first-order valence-corrected chi connectivity index (χ1v) is 34.6. The van der Waals surface area contributed by atoms with E-state index in [4.69, 9.17) is 4.74 Å². The first-order valence-electron chi connectivity index (χ1n) is 34.6. The van der Waals surface area contributed by atoms with E-state index < -0.39 is 12.1 Å². The fraction of sp³-hybridized carbons (Fsp3) is 0.914. The Morgan fingerprint density at radius 2 is 0.618 bits per heavy atom. The summed E-state index contributed by atoms with van der Waals surface area (Å²) in [7, 11) is 0. The Morgan fingerprint density at radius 3 is 0.934 bits per heavy atom. The summed E-state index contributed by atoms with van der Waals surface area (Å²) in [6.07, 6.45) is 82.2. The van der Waals surface area contributed by atoms with Crippen molar-refractivity contribution in [3.8, 4) is 0 Å². The molecule has 450 valence electrons. The molecule has 6 nitrogen and oxygen atoms in total. The highest BCUT2D eigenvalue weighted by Gasteiger charge is 2.20. The lowest BCUT2D eigenvalue weighted by molar-refractivity contribution is -0.143. The maximum Gasteiger partial charge on any atom is 0.305 e. The molecular formula is C70H135NO5. The molecule has 76 heavy (non-hydrogen) atoms. The number of carbonyl (C=O) groups excluding carboxylic acids is 2. The summed E-state index contributed by atoms with van der Waals surface area (Å²) in [5.74, 6) is -0.0207. The van der Waals surface area contributed by atoms with Gasteiger partial charge in [0, 0.05) is 12.8 Å². The van der Waals surface area contributed by atoms with Gasteiger partial charge in [0.2, 0.25) is 5.91 Å². The molecule has 0 spiro atoms. The third-order valence-electron chi connectivity index (χ3n) is 16.2. The Hall–Kier alpha value is -1.66. The second-order valence-corrected chi connectivity index (χ2v) is 23.9. The van der Waals surface area contributed by atoms with E-state index in [0.29, 0.717) is 25.9 Å². The molecule has 0 radical (unpaired) electrons. The molecule has 0 bridgehead atoms. The number of hydrogen-bond acceptors (Lipinski definition) is 5. The molecule has 0 saturated heterocycles. The van der Waals surface area contributed by atoms with Crippen LogP contribution in [0.2, 0.25) is 0 Å². The summed E-state index contributed by atoms with van der Waals surface area (Å²) in [6.45, 7) is 4.98. The fourth-order valence-corrected chi connectivity index (χ4v) is 10.9. The lowest BCUT2D eigenvalue weighted by Crippen LogP contribution is -2.45. The molecule has 0 heterocycles. The zero-order valence-electron chi connectivity index (χ0n) is 51.5. The van der Waals surface area contributed by atoms with Crippen LogP contribution in [0.25, 0.3) is 0 Å². The summed E-state index contributed by atoms with van der Waals surface area (Å²) in [4.78, 5) is 24.6. The maximum atomic E-state index is 12.5. The quantitative estimate of drug-likeness (QED) is 0.0320. The van der Waals surface area contributed by atoms with Gasteiger partial charge in [-0.3, -0.25) is 9.59 Å². The Balaban J connectivity index is 3.36. The monoisotopic (exact) mass is 1070 g/mol. The number of ether oxygens (including phenoxy) is 1. The third kappa shape index (κ3) is 61.6. The van der Waals surface area contributed by atoms with Gasteiger partial charge in [0.05, 0.1) is 25.4 Å². The van der Waals surface area contributed by atoms with Crippen molar-refractivity contribution < 1.29 is 24.5 Å². The summed E-state index contributed by atoms with van der Waals surface area (Å²) in [6, 6.07) is -0.541. The van der Waals surface area contributed by atoms with Crippen molar-refractivity contribution in [1.82, 2.24) is 5.32 Å². The lowest BCUT2D eigenvalue weighted by atomic mass is 10.0. The van der Waals surface area contributed by atoms with Crippen LogP contribution in [0.4, 0.5) is 0 Å². The predicted octanol–water partition coefficient (Wildman–Crippen LogP) is 22.1. The second-order valence-electron chi connectivity index (χ2n) is 23.9. The number of esters is 1. The molecule has 0 aromatic rings. The average Bonchev–Trinajstić information content (AvgIpc) is 3.42. The average molecular weight is 1070 g/mol. The van der Waals surface area contributed by atoms with Crippen LogP contribution >= 0.6 is 0 Å². The maximum absolute atomic E-state index is 12.5. The highest BCUT2D eigenvalue weighted by molar-refractivity contribution is 5.76. The minimum absolute atomic E-state index is 0.0129. The van der Waals surface area contributed by atoms with Crippen molar-refractivity contribution >= 4 is 11.9 Å². The fourth-order valence-electron chi connectivity index (χ4n) is 10.9. The molecule has 2 atom stereocenters. The number of rotatable bonds is 65. The molecule has 0 aliphatic carbocycles. The van der Waals surface area contributed by atoms with E-state index >= 15 is 0 Å². The molecule has 0 aromatic carbocycles. The summed E-state index contributed by atoms with van der Waals surface area (Å²) < 4.78 is 5.50. The Kier molecular flexibility index (Phi) is 64.4. The van der Waals surface area contributed by atoms with Crippen molar-refractivity contribution in [2.75, 3.05) is 13.2 Å². The Bertz CT molecular complexity index is 1190. The molecular weight excluding hydrogens is 935 g/mol. The van der Waals surface area contributed by atoms with Crippen molar-refractivity contribution in [3.05, 3.63) is 24.3 Å². The van der Waals surface area contributed by atoms with Crippen molar-refractivity contribution in [3.63, 3.8) is 0 Å². The van der Waals surface area contributed by atoms with Gasteiger partial charge in [0.25, 0.3) is 0 Å². The van der Waals surface area contributed by atoms with Gasteiger partial charge in [0.1, 0.15) is 0 Å². The number of carbonyl (C=O) groups is 2. The van der Waals surface area contributed by atoms with Crippen LogP contribution in [0.1, 0.15) is 386 Å². The van der Waals surface area contributed by atoms with Gasteiger partial charge >= 0.3 is 5.97 Å². The smallest absolute Gasteiger partial charge is 0.305 e. The minimum atomic E-state index is -0.664. The largest absolute Gasteiger partial charge is 0.466 e. The molecule has 0 aliphatic heterocycles. The van der Waals surface area contributed by atoms with Crippen molar-refractivity contribution in [2.24, 2.45) is 0 Å². The van der Waals surface area contributed by atoms with Gasteiger partial charge in [-0.2, -0.15) is 0 Å². The van der Waals surface area contributed by atoms with E-state index in [0.717, 1.165) is 44.9 Å². The molecule has 0 saturated carbocycles. The highest BCUT2D eigenvalue weighted by atomic mass is 16.5. The molecule has 0 fully saturated rings. The first kappa shape index (κ1) is 74.3. The number of nitrogens with one attached hydrogen (secondary N) is 1. The molecule has 0 rings (SSSR count). The predicted molar refractivity (Wildman–Crippen MR) is 333 cm³/mol. The van der Waals surface area contributed by atoms with Crippen molar-refractivity contribution in [1.29, 1.82) is 0 Å². The van der Waals surface area contributed by atoms with E-state index in [9.17, 15) is 19.8 Å². The van der Waals surface area contributed by atoms with Crippen molar-refractivity contribution in [2.45, 2.75) is 398 Å². The van der Waals surface area contributed by atoms with Gasteiger partial charge in [-0.15, -0.1) is 0 Å². The summed E-state index contributed by atoms with van der Waals surface area (Å²) in [5, 5.41) is 23.3. The zero-order chi connectivity index (χ0) is 55.0. The van der Waals surface area contributed by atoms with Crippen LogP contribution in [0.3, 0.4) is 0 Å². The van der Waals surface area contributed by atoms with Gasteiger partial charge in [-0.05, 0) is 77.0 Å². The molecule has 6 heteroatoms. The van der Waals surface area contributed by atoms with E-state index in [1.807, 2.05) is 0 Å². The number of hydrogen-bond donors (Lipinski definition) is 3. The normalized spacial score (nSPS) is 12.6. The lowest BCUT2D eigenvalue weighted by Gasteiger charge is -2.22. The third-order valence-corrected chi connectivity index (χ3v) is 16.2. The van der Waals surface area contributed by atoms with Crippen LogP contribution in [-0.2, 0) is 14.3 Å². The number of allylic oxidation sites excluding steroid dienone is 4. The van der Waals surface area contributed by atoms with E-state index in [1.165, 1.54) is 308 Å². The van der Waals surface area contributed by atoms with Gasteiger partial charge in [0.15, 0.2) is 0 Å². The minimum Gasteiger partial charge on any atom is -0.466 e. The number of amides is 1. The van der Waals surface area contributed by atoms with Gasteiger partial charge < -0.3 is 20.3 Å². The van der Waals surface area contributed by atoms with E-state index in [2.05, 4.69) is 43.5 Å². The second kappa shape index (κ2) is 65.9. The topological polar surface area (TPSA) is 95.9 Å². The molecule has 0 aliphatic rings. The molecule has 2 unspecified atom stereocenters. The molecule has 3 N–H and O–H groups in total.